The predicted molar refractivity (Wildman–Crippen MR) is 84.7 cm³/mol. The number of aliphatic imine (C=N–C) groups is 1. The number of carbonyl (C=O) groups is 1. The molecule has 0 aliphatic rings. The first-order valence-electron chi connectivity index (χ1n) is 7.00. The van der Waals surface area contributed by atoms with Crippen LogP contribution in [0.4, 0.5) is 5.69 Å². The second-order valence-corrected chi connectivity index (χ2v) is 4.87. The first-order valence-corrected chi connectivity index (χ1v) is 7.00. The molecular weight excluding hydrogens is 280 g/mol. The molecule has 0 atom stereocenters. The van der Waals surface area contributed by atoms with Gasteiger partial charge in [0, 0.05) is 12.4 Å². The van der Waals surface area contributed by atoms with Gasteiger partial charge in [0.15, 0.2) is 6.61 Å². The third-order valence-corrected chi connectivity index (χ3v) is 2.61. The Morgan fingerprint density at radius 1 is 1.27 bits per heavy atom. The summed E-state index contributed by atoms with van der Waals surface area (Å²) in [5, 5.41) is 0. The van der Waals surface area contributed by atoms with E-state index < -0.39 is 0 Å². The van der Waals surface area contributed by atoms with Crippen molar-refractivity contribution in [3.8, 4) is 5.75 Å². The standard InChI is InChI=1S/C17H18N2O3/c1-13(2)22-17(20)12-21-16-7-5-14(6-8-16)10-19-15-4-3-9-18-11-15/h3-11,13H,12H2,1-2H3. The van der Waals surface area contributed by atoms with E-state index in [2.05, 4.69) is 9.98 Å². The topological polar surface area (TPSA) is 60.8 Å². The van der Waals surface area contributed by atoms with Crippen molar-refractivity contribution in [3.63, 3.8) is 0 Å². The number of nitrogens with zero attached hydrogens (tertiary/aromatic N) is 2. The number of hydrogen-bond donors (Lipinski definition) is 0. The first-order chi connectivity index (χ1) is 10.6. The summed E-state index contributed by atoms with van der Waals surface area (Å²) in [6.45, 7) is 3.50. The molecule has 0 saturated carbocycles. The van der Waals surface area contributed by atoms with Gasteiger partial charge in [-0.15, -0.1) is 0 Å². The zero-order chi connectivity index (χ0) is 15.8. The Morgan fingerprint density at radius 2 is 2.05 bits per heavy atom. The molecule has 2 rings (SSSR count). The predicted octanol–water partition coefficient (Wildman–Crippen LogP) is 3.16. The van der Waals surface area contributed by atoms with Crippen molar-refractivity contribution in [1.29, 1.82) is 0 Å². The Hall–Kier alpha value is -2.69. The lowest BCUT2D eigenvalue weighted by Crippen LogP contribution is -2.18. The monoisotopic (exact) mass is 298 g/mol. The highest BCUT2D eigenvalue weighted by Crippen LogP contribution is 2.13. The van der Waals surface area contributed by atoms with E-state index in [4.69, 9.17) is 9.47 Å². The molecule has 22 heavy (non-hydrogen) atoms. The molecule has 1 aromatic carbocycles. The Morgan fingerprint density at radius 3 is 2.68 bits per heavy atom. The van der Waals surface area contributed by atoms with Crippen molar-refractivity contribution in [2.45, 2.75) is 20.0 Å². The third kappa shape index (κ3) is 5.36. The van der Waals surface area contributed by atoms with Gasteiger partial charge in [0.1, 0.15) is 5.75 Å². The van der Waals surface area contributed by atoms with Crippen molar-refractivity contribution < 1.29 is 14.3 Å². The maximum absolute atomic E-state index is 11.4. The Balaban J connectivity index is 1.88. The zero-order valence-corrected chi connectivity index (χ0v) is 12.6. The van der Waals surface area contributed by atoms with Crippen molar-refractivity contribution in [2.75, 3.05) is 6.61 Å². The number of pyridine rings is 1. The minimum Gasteiger partial charge on any atom is -0.482 e. The molecule has 0 spiro atoms. The first kappa shape index (κ1) is 15.7. The number of benzene rings is 1. The fourth-order valence-electron chi connectivity index (χ4n) is 1.67. The van der Waals surface area contributed by atoms with Crippen LogP contribution < -0.4 is 4.74 Å². The van der Waals surface area contributed by atoms with Gasteiger partial charge in [-0.1, -0.05) is 0 Å². The van der Waals surface area contributed by atoms with Gasteiger partial charge in [-0.3, -0.25) is 9.98 Å². The van der Waals surface area contributed by atoms with Gasteiger partial charge in [0.2, 0.25) is 0 Å². The fourth-order valence-corrected chi connectivity index (χ4v) is 1.67. The second kappa shape index (κ2) is 7.93. The summed E-state index contributed by atoms with van der Waals surface area (Å²) in [6.07, 6.45) is 5.00. The summed E-state index contributed by atoms with van der Waals surface area (Å²) in [5.74, 6) is 0.233. The van der Waals surface area contributed by atoms with Crippen molar-refractivity contribution in [2.24, 2.45) is 4.99 Å². The average Bonchev–Trinajstić information content (AvgIpc) is 2.52. The van der Waals surface area contributed by atoms with E-state index in [1.54, 1.807) is 44.6 Å². The quantitative estimate of drug-likeness (QED) is 0.607. The van der Waals surface area contributed by atoms with Crippen molar-refractivity contribution in [1.82, 2.24) is 4.98 Å². The molecule has 2 aromatic rings. The highest BCUT2D eigenvalue weighted by atomic mass is 16.6. The van der Waals surface area contributed by atoms with Crippen LogP contribution in [0.1, 0.15) is 19.4 Å². The van der Waals surface area contributed by atoms with E-state index in [1.807, 2.05) is 24.3 Å². The minimum absolute atomic E-state index is 0.0959. The van der Waals surface area contributed by atoms with Crippen LogP contribution in [0.25, 0.3) is 0 Å². The van der Waals surface area contributed by atoms with Gasteiger partial charge in [-0.05, 0) is 55.8 Å². The molecule has 0 saturated heterocycles. The van der Waals surface area contributed by atoms with Gasteiger partial charge >= 0.3 is 5.97 Å². The molecule has 1 heterocycles. The number of esters is 1. The molecule has 5 nitrogen and oxygen atoms in total. The minimum atomic E-state index is -0.378. The SMILES string of the molecule is CC(C)OC(=O)COc1ccc(C=Nc2cccnc2)cc1. The maximum atomic E-state index is 11.4. The fraction of sp³-hybridized carbons (Fsp3) is 0.235. The Bertz CT molecular complexity index is 622. The van der Waals surface area contributed by atoms with Gasteiger partial charge in [-0.25, -0.2) is 4.79 Å². The van der Waals surface area contributed by atoms with Crippen LogP contribution in [-0.2, 0) is 9.53 Å². The highest BCUT2D eigenvalue weighted by Gasteiger charge is 2.06. The molecule has 0 aliphatic carbocycles. The Kier molecular flexibility index (Phi) is 5.65. The lowest BCUT2D eigenvalue weighted by molar-refractivity contribution is -0.149. The summed E-state index contributed by atoms with van der Waals surface area (Å²) in [7, 11) is 0. The summed E-state index contributed by atoms with van der Waals surface area (Å²) in [5.41, 5.74) is 1.72. The summed E-state index contributed by atoms with van der Waals surface area (Å²) in [6, 6.07) is 11.0. The van der Waals surface area contributed by atoms with E-state index in [9.17, 15) is 4.79 Å². The van der Waals surface area contributed by atoms with Gasteiger partial charge in [0.25, 0.3) is 0 Å². The van der Waals surface area contributed by atoms with Crippen LogP contribution in [0.5, 0.6) is 5.75 Å². The molecule has 0 aliphatic heterocycles. The van der Waals surface area contributed by atoms with Crippen LogP contribution in [0, 0.1) is 0 Å². The number of carbonyl (C=O) groups excluding carboxylic acids is 1. The molecule has 114 valence electrons. The lowest BCUT2D eigenvalue weighted by Gasteiger charge is -2.09. The number of hydrogen-bond acceptors (Lipinski definition) is 5. The number of aromatic nitrogens is 1. The normalized spacial score (nSPS) is 10.9. The van der Waals surface area contributed by atoms with Gasteiger partial charge in [-0.2, -0.15) is 0 Å². The zero-order valence-electron chi connectivity index (χ0n) is 12.6. The van der Waals surface area contributed by atoms with Crippen molar-refractivity contribution in [3.05, 3.63) is 54.4 Å². The molecule has 0 unspecified atom stereocenters. The second-order valence-electron chi connectivity index (χ2n) is 4.87. The van der Waals surface area contributed by atoms with Crippen LogP contribution in [0.15, 0.2) is 53.8 Å². The van der Waals surface area contributed by atoms with Crippen LogP contribution in [-0.4, -0.2) is 29.9 Å². The van der Waals surface area contributed by atoms with Gasteiger partial charge < -0.3 is 9.47 Å². The molecule has 0 amide bonds. The largest absolute Gasteiger partial charge is 0.482 e. The number of rotatable bonds is 6. The molecule has 0 bridgehead atoms. The summed E-state index contributed by atoms with van der Waals surface area (Å²) in [4.78, 5) is 19.7. The van der Waals surface area contributed by atoms with E-state index in [1.165, 1.54) is 0 Å². The Labute approximate surface area is 129 Å². The maximum Gasteiger partial charge on any atom is 0.344 e. The molecule has 0 N–H and O–H groups in total. The molecule has 0 radical (unpaired) electrons. The molecule has 5 heteroatoms. The van der Waals surface area contributed by atoms with Crippen LogP contribution >= 0.6 is 0 Å². The average molecular weight is 298 g/mol. The third-order valence-electron chi connectivity index (χ3n) is 2.61. The van der Waals surface area contributed by atoms with Crippen LogP contribution in [0.3, 0.4) is 0 Å². The highest BCUT2D eigenvalue weighted by molar-refractivity contribution is 5.82. The van der Waals surface area contributed by atoms with E-state index >= 15 is 0 Å². The summed E-state index contributed by atoms with van der Waals surface area (Å²) >= 11 is 0. The number of ether oxygens (including phenoxy) is 2. The summed E-state index contributed by atoms with van der Waals surface area (Å²) < 4.78 is 10.3. The lowest BCUT2D eigenvalue weighted by atomic mass is 10.2. The van der Waals surface area contributed by atoms with E-state index in [0.29, 0.717) is 5.75 Å². The van der Waals surface area contributed by atoms with Gasteiger partial charge in [0.05, 0.1) is 18.0 Å². The van der Waals surface area contributed by atoms with Crippen LogP contribution in [0.2, 0.25) is 0 Å². The molecule has 1 aromatic heterocycles. The van der Waals surface area contributed by atoms with E-state index in [0.717, 1.165) is 11.3 Å². The molecular formula is C17H18N2O3. The van der Waals surface area contributed by atoms with E-state index in [-0.39, 0.29) is 18.7 Å². The van der Waals surface area contributed by atoms with Crippen molar-refractivity contribution >= 4 is 17.9 Å². The smallest absolute Gasteiger partial charge is 0.344 e. The molecule has 0 fully saturated rings.